The van der Waals surface area contributed by atoms with Gasteiger partial charge in [0.2, 0.25) is 5.95 Å². The number of benzene rings is 1. The van der Waals surface area contributed by atoms with E-state index in [1.54, 1.807) is 30.5 Å². The molecule has 0 unspecified atom stereocenters. The minimum absolute atomic E-state index is 0.0757. The molecule has 0 spiro atoms. The first-order chi connectivity index (χ1) is 14.6. The van der Waals surface area contributed by atoms with Crippen LogP contribution >= 0.6 is 11.3 Å². The highest BCUT2D eigenvalue weighted by Crippen LogP contribution is 2.31. The van der Waals surface area contributed by atoms with Gasteiger partial charge in [-0.25, -0.2) is 15.2 Å². The summed E-state index contributed by atoms with van der Waals surface area (Å²) in [5.74, 6) is 1.48. The van der Waals surface area contributed by atoms with E-state index in [1.807, 2.05) is 29.6 Å². The maximum absolute atomic E-state index is 11.1. The van der Waals surface area contributed by atoms with Crippen LogP contribution in [0, 0.1) is 11.8 Å². The Bertz CT molecular complexity index is 1410. The van der Waals surface area contributed by atoms with Crippen LogP contribution in [0.25, 0.3) is 21.1 Å². The van der Waals surface area contributed by atoms with E-state index in [0.29, 0.717) is 23.1 Å². The first-order valence-corrected chi connectivity index (χ1v) is 9.80. The third-order valence-corrected chi connectivity index (χ3v) is 5.45. The molecular formula is C19H15N8O2S+. The van der Waals surface area contributed by atoms with Crippen LogP contribution in [-0.4, -0.2) is 35.3 Å². The van der Waals surface area contributed by atoms with Gasteiger partial charge in [0.1, 0.15) is 12.0 Å². The Morgan fingerprint density at radius 1 is 1.13 bits per heavy atom. The third-order valence-electron chi connectivity index (χ3n) is 4.54. The lowest BCUT2D eigenvalue weighted by Crippen LogP contribution is -2.03. The van der Waals surface area contributed by atoms with Crippen molar-refractivity contribution < 1.29 is 10.1 Å². The van der Waals surface area contributed by atoms with Crippen molar-refractivity contribution in [1.82, 2.24) is 25.1 Å². The van der Waals surface area contributed by atoms with Gasteiger partial charge in [0.15, 0.2) is 5.82 Å². The molecular weight excluding hydrogens is 404 g/mol. The number of anilines is 4. The number of pyridine rings is 1. The smallest absolute Gasteiger partial charge is 0.337 e. The fraction of sp³-hybridized carbons (Fsp3) is 0.0526. The van der Waals surface area contributed by atoms with Crippen LogP contribution in [0.5, 0.6) is 0 Å². The summed E-state index contributed by atoms with van der Waals surface area (Å²) in [6.07, 6.45) is 3.05. The van der Waals surface area contributed by atoms with E-state index in [2.05, 4.69) is 35.8 Å². The number of fused-ring (bicyclic) bond motifs is 2. The minimum Gasteiger partial charge on any atom is -0.339 e. The van der Waals surface area contributed by atoms with E-state index >= 15 is 0 Å². The maximum Gasteiger partial charge on any atom is 0.337 e. The van der Waals surface area contributed by atoms with E-state index in [9.17, 15) is 4.91 Å². The maximum atomic E-state index is 11.1. The number of rotatable bonds is 5. The van der Waals surface area contributed by atoms with Crippen LogP contribution in [0.4, 0.5) is 29.0 Å². The molecule has 0 aliphatic heterocycles. The zero-order chi connectivity index (χ0) is 20.7. The molecule has 11 heteroatoms. The summed E-state index contributed by atoms with van der Waals surface area (Å²) in [4.78, 5) is 24.2. The molecule has 148 valence electrons. The second-order valence-corrected chi connectivity index (χ2v) is 7.50. The number of nitrogens with one attached hydrogen (secondary N) is 3. The number of hydrogen-bond acceptors (Lipinski definition) is 8. The Morgan fingerprint density at radius 2 is 2.03 bits per heavy atom. The van der Waals surface area contributed by atoms with Crippen molar-refractivity contribution in [3.05, 3.63) is 58.6 Å². The first-order valence-electron chi connectivity index (χ1n) is 8.92. The van der Waals surface area contributed by atoms with Gasteiger partial charge in [0.05, 0.1) is 26.8 Å². The summed E-state index contributed by atoms with van der Waals surface area (Å²) < 4.78 is 0.926. The normalized spacial score (nSPS) is 11.1. The van der Waals surface area contributed by atoms with Gasteiger partial charge in [-0.1, -0.05) is 0 Å². The number of nitrogens with zero attached hydrogens (tertiary/aromatic N) is 5. The van der Waals surface area contributed by atoms with Crippen LogP contribution in [-0.2, 0) is 0 Å². The number of hydrogen-bond donors (Lipinski definition) is 4. The molecule has 0 radical (unpaired) electrons. The van der Waals surface area contributed by atoms with Crippen LogP contribution < -0.4 is 10.6 Å². The van der Waals surface area contributed by atoms with Crippen molar-refractivity contribution in [2.75, 3.05) is 10.6 Å². The lowest BCUT2D eigenvalue weighted by molar-refractivity contribution is -0.730. The quantitative estimate of drug-likeness (QED) is 0.305. The number of aromatic amines is 1. The molecule has 0 bridgehead atoms. The molecule has 0 aliphatic rings. The van der Waals surface area contributed by atoms with Crippen molar-refractivity contribution in [3.8, 4) is 0 Å². The topological polar surface area (TPSA) is 132 Å². The molecule has 5 aromatic rings. The highest BCUT2D eigenvalue weighted by molar-refractivity contribution is 7.17. The summed E-state index contributed by atoms with van der Waals surface area (Å²) in [6, 6.07) is 9.44. The average Bonchev–Trinajstić information content (AvgIpc) is 3.36. The molecule has 0 amide bonds. The molecule has 5 rings (SSSR count). The van der Waals surface area contributed by atoms with E-state index in [0.717, 1.165) is 26.8 Å². The largest absolute Gasteiger partial charge is 0.339 e. The molecule has 0 aliphatic carbocycles. The van der Waals surface area contributed by atoms with E-state index in [1.165, 1.54) is 6.20 Å². The third kappa shape index (κ3) is 3.26. The first kappa shape index (κ1) is 17.9. The Labute approximate surface area is 173 Å². The van der Waals surface area contributed by atoms with Crippen molar-refractivity contribution in [3.63, 3.8) is 0 Å². The molecule has 0 fully saturated rings. The van der Waals surface area contributed by atoms with Crippen molar-refractivity contribution in [2.45, 2.75) is 6.92 Å². The highest BCUT2D eigenvalue weighted by atomic mass is 32.1. The van der Waals surface area contributed by atoms with Gasteiger partial charge in [-0.2, -0.15) is 10.1 Å². The molecule has 0 atom stereocenters. The second-order valence-electron chi connectivity index (χ2n) is 6.58. The predicted octanol–water partition coefficient (Wildman–Crippen LogP) is 4.56. The summed E-state index contributed by atoms with van der Waals surface area (Å²) >= 11 is 1.54. The molecule has 4 aromatic heterocycles. The van der Waals surface area contributed by atoms with Gasteiger partial charge in [-0.3, -0.25) is 5.10 Å². The Kier molecular flexibility index (Phi) is 4.21. The standard InChI is InChI=1S/C19H15N8O2S/c1-10-6-16(20-9-15(10)27(28)29)24-19-23-14-4-5-30-17(14)18(25-19)22-12-2-3-13-11(7-12)8-21-26-13/h2-9H,1H3,(H,21,26)(H,28,29)(H2,20,22,23,24,25)/q+1. The average molecular weight is 419 g/mol. The number of H-pyrrole nitrogens is 1. The fourth-order valence-corrected chi connectivity index (χ4v) is 3.87. The molecule has 1 aromatic carbocycles. The number of aryl methyl sites for hydroxylation is 1. The van der Waals surface area contributed by atoms with Crippen LogP contribution in [0.1, 0.15) is 5.56 Å². The van der Waals surface area contributed by atoms with Crippen LogP contribution in [0.2, 0.25) is 0 Å². The van der Waals surface area contributed by atoms with E-state index in [-0.39, 0.29) is 10.6 Å². The molecule has 30 heavy (non-hydrogen) atoms. The summed E-state index contributed by atoms with van der Waals surface area (Å²) in [5.41, 5.74) is 3.26. The van der Waals surface area contributed by atoms with Gasteiger partial charge >= 0.3 is 5.69 Å². The molecule has 4 heterocycles. The zero-order valence-electron chi connectivity index (χ0n) is 15.6. The van der Waals surface area contributed by atoms with E-state index in [4.69, 9.17) is 5.21 Å². The van der Waals surface area contributed by atoms with Gasteiger partial charge in [0, 0.05) is 16.6 Å². The lowest BCUT2D eigenvalue weighted by atomic mass is 10.2. The van der Waals surface area contributed by atoms with Gasteiger partial charge in [0.25, 0.3) is 4.92 Å². The van der Waals surface area contributed by atoms with Gasteiger partial charge < -0.3 is 10.6 Å². The van der Waals surface area contributed by atoms with Gasteiger partial charge in [-0.05, 0) is 42.6 Å². The number of thiophene rings is 1. The minimum atomic E-state index is -0.209. The highest BCUT2D eigenvalue weighted by Gasteiger charge is 2.17. The van der Waals surface area contributed by atoms with Gasteiger partial charge in [-0.15, -0.1) is 11.3 Å². The van der Waals surface area contributed by atoms with Crippen LogP contribution in [0.15, 0.2) is 48.1 Å². The SMILES string of the molecule is Cc1cc(Nc2nc(Nc3ccc4[nH]ncc4c3)c3sccc3n2)ncc1[N+](=O)O. The molecule has 0 saturated carbocycles. The van der Waals surface area contributed by atoms with Crippen molar-refractivity contribution in [2.24, 2.45) is 0 Å². The number of aromatic nitrogens is 5. The Balaban J connectivity index is 1.49. The second kappa shape index (κ2) is 7.04. The van der Waals surface area contributed by atoms with Crippen LogP contribution in [0.3, 0.4) is 0 Å². The summed E-state index contributed by atoms with van der Waals surface area (Å²) in [5, 5.41) is 25.4. The van der Waals surface area contributed by atoms with Crippen molar-refractivity contribution >= 4 is 61.4 Å². The summed E-state index contributed by atoms with van der Waals surface area (Å²) in [7, 11) is 0. The summed E-state index contributed by atoms with van der Waals surface area (Å²) in [6.45, 7) is 1.70. The molecule has 0 saturated heterocycles. The fourth-order valence-electron chi connectivity index (χ4n) is 3.09. The zero-order valence-corrected chi connectivity index (χ0v) is 16.4. The van der Waals surface area contributed by atoms with Crippen molar-refractivity contribution in [1.29, 1.82) is 0 Å². The molecule has 10 nitrogen and oxygen atoms in total. The lowest BCUT2D eigenvalue weighted by Gasteiger charge is -2.10. The predicted molar refractivity (Wildman–Crippen MR) is 114 cm³/mol. The Hall–Kier alpha value is -4.12. The van der Waals surface area contributed by atoms with E-state index < -0.39 is 0 Å². The molecule has 4 N–H and O–H groups in total. The monoisotopic (exact) mass is 419 g/mol. The Morgan fingerprint density at radius 3 is 2.87 bits per heavy atom.